The van der Waals surface area contributed by atoms with Crippen molar-refractivity contribution in [1.82, 2.24) is 14.5 Å². The molecule has 2 aromatic rings. The third-order valence-corrected chi connectivity index (χ3v) is 9.43. The van der Waals surface area contributed by atoms with E-state index in [0.717, 1.165) is 42.7 Å². The first kappa shape index (κ1) is 22.3. The maximum absolute atomic E-state index is 12.6. The number of carbonyl (C=O) groups excluding carboxylic acids is 1. The third kappa shape index (κ3) is 3.90. The maximum atomic E-state index is 12.6. The minimum absolute atomic E-state index is 0.175. The van der Waals surface area contributed by atoms with E-state index in [4.69, 9.17) is 14.5 Å². The highest BCUT2D eigenvalue weighted by atomic mass is 32.2. The van der Waals surface area contributed by atoms with Crippen LogP contribution in [0.5, 0.6) is 5.75 Å². The molecule has 182 valence electrons. The Kier molecular flexibility index (Phi) is 5.39. The molecule has 1 amide bonds. The van der Waals surface area contributed by atoms with Crippen LogP contribution in [0.4, 0.5) is 4.79 Å². The highest BCUT2D eigenvalue weighted by Gasteiger charge is 2.48. The molecule has 1 aromatic heterocycles. The van der Waals surface area contributed by atoms with Crippen molar-refractivity contribution in [2.24, 2.45) is 13.0 Å². The van der Waals surface area contributed by atoms with E-state index in [9.17, 15) is 4.79 Å². The summed E-state index contributed by atoms with van der Waals surface area (Å²) in [6.07, 6.45) is 5.99. The van der Waals surface area contributed by atoms with E-state index in [1.54, 1.807) is 0 Å². The number of carbonyl (C=O) groups is 1. The number of hydrogen-bond donors (Lipinski definition) is 0. The van der Waals surface area contributed by atoms with E-state index >= 15 is 0 Å². The first-order valence-corrected chi connectivity index (χ1v) is 13.7. The number of imidazole rings is 1. The van der Waals surface area contributed by atoms with Crippen LogP contribution in [0.2, 0.25) is 0 Å². The summed E-state index contributed by atoms with van der Waals surface area (Å²) in [6.45, 7) is 6.54. The van der Waals surface area contributed by atoms with Gasteiger partial charge in [0.25, 0.3) is 0 Å². The minimum Gasteiger partial charge on any atom is -0.480 e. The zero-order valence-corrected chi connectivity index (χ0v) is 21.3. The van der Waals surface area contributed by atoms with Gasteiger partial charge >= 0.3 is 6.09 Å². The predicted octanol–water partition coefficient (Wildman–Crippen LogP) is 5.71. The van der Waals surface area contributed by atoms with Crippen LogP contribution in [0.15, 0.2) is 24.3 Å². The highest BCUT2D eigenvalue weighted by Crippen LogP contribution is 2.51. The molecule has 7 heteroatoms. The number of ether oxygens (including phenoxy) is 2. The van der Waals surface area contributed by atoms with Crippen molar-refractivity contribution in [2.75, 3.05) is 25.4 Å². The zero-order chi connectivity index (χ0) is 23.5. The molecule has 1 saturated carbocycles. The van der Waals surface area contributed by atoms with Gasteiger partial charge in [0, 0.05) is 49.2 Å². The summed E-state index contributed by atoms with van der Waals surface area (Å²) in [5, 5.41) is 0. The third-order valence-electron chi connectivity index (χ3n) is 8.04. The standard InChI is InChI=1S/C27H35N3O3S/c1-26(2)16-19(10-15-34-26)24-28-22-20-6-4-5-7-21(20)33-27(23(22)29(24)3)11-13-30(14-12-27)25(31)32-17-18-8-9-18/h4-7,18-19H,8-17H2,1-3H3. The fourth-order valence-electron chi connectivity index (χ4n) is 6.01. The second-order valence-electron chi connectivity index (χ2n) is 11.1. The lowest BCUT2D eigenvalue weighted by Gasteiger charge is -2.44. The predicted molar refractivity (Wildman–Crippen MR) is 134 cm³/mol. The fraction of sp³-hybridized carbons (Fsp3) is 0.630. The summed E-state index contributed by atoms with van der Waals surface area (Å²) in [7, 11) is 2.17. The first-order valence-electron chi connectivity index (χ1n) is 12.8. The number of hydrogen-bond acceptors (Lipinski definition) is 5. The van der Waals surface area contributed by atoms with Gasteiger partial charge in [0.1, 0.15) is 11.6 Å². The van der Waals surface area contributed by atoms with Crippen molar-refractivity contribution in [3.05, 3.63) is 35.8 Å². The first-order chi connectivity index (χ1) is 16.4. The largest absolute Gasteiger partial charge is 0.480 e. The van der Waals surface area contributed by atoms with Gasteiger partial charge in [0.2, 0.25) is 0 Å². The molecule has 3 aliphatic heterocycles. The average Bonchev–Trinajstić information content (AvgIpc) is 3.58. The molecule has 4 aliphatic rings. The SMILES string of the molecule is Cn1c(C2CCSC(C)(C)C2)nc2c1C1(CCN(C(=O)OCC3CC3)CC1)Oc1ccccc1-2. The summed E-state index contributed by atoms with van der Waals surface area (Å²) < 4.78 is 15.0. The molecule has 6 rings (SSSR count). The molecule has 1 spiro atoms. The molecule has 3 fully saturated rings. The van der Waals surface area contributed by atoms with Crippen LogP contribution in [-0.4, -0.2) is 50.7 Å². The number of benzene rings is 1. The Morgan fingerprint density at radius 1 is 1.21 bits per heavy atom. The zero-order valence-electron chi connectivity index (χ0n) is 20.5. The van der Waals surface area contributed by atoms with E-state index in [0.29, 0.717) is 31.5 Å². The number of aromatic nitrogens is 2. The van der Waals surface area contributed by atoms with E-state index in [1.165, 1.54) is 30.1 Å². The van der Waals surface area contributed by atoms with Crippen LogP contribution in [-0.2, 0) is 17.4 Å². The fourth-order valence-corrected chi connectivity index (χ4v) is 7.28. The number of amides is 1. The Balaban J connectivity index is 1.32. The topological polar surface area (TPSA) is 56.6 Å². The van der Waals surface area contributed by atoms with Gasteiger partial charge in [0.05, 0.1) is 18.0 Å². The monoisotopic (exact) mass is 481 g/mol. The molecule has 1 atom stereocenters. The molecule has 6 nitrogen and oxygen atoms in total. The number of para-hydroxylation sites is 1. The van der Waals surface area contributed by atoms with Crippen molar-refractivity contribution in [1.29, 1.82) is 0 Å². The van der Waals surface area contributed by atoms with Crippen LogP contribution in [0.25, 0.3) is 11.3 Å². The number of thioether (sulfide) groups is 1. The number of fused-ring (bicyclic) bond motifs is 4. The lowest BCUT2D eigenvalue weighted by Crippen LogP contribution is -2.50. The molecule has 1 unspecified atom stereocenters. The Bertz CT molecular complexity index is 1100. The van der Waals surface area contributed by atoms with Gasteiger partial charge in [-0.3, -0.25) is 0 Å². The lowest BCUT2D eigenvalue weighted by atomic mass is 9.83. The number of rotatable bonds is 3. The molecule has 0 bridgehead atoms. The van der Waals surface area contributed by atoms with Crippen LogP contribution < -0.4 is 4.74 Å². The molecule has 0 radical (unpaired) electrons. The van der Waals surface area contributed by atoms with Crippen LogP contribution in [0, 0.1) is 5.92 Å². The lowest BCUT2D eigenvalue weighted by molar-refractivity contribution is -0.0111. The Morgan fingerprint density at radius 3 is 2.71 bits per heavy atom. The van der Waals surface area contributed by atoms with Crippen molar-refractivity contribution in [3.8, 4) is 17.0 Å². The number of nitrogens with zero attached hydrogens (tertiary/aromatic N) is 3. The summed E-state index contributed by atoms with van der Waals surface area (Å²) >= 11 is 2.07. The van der Waals surface area contributed by atoms with E-state index < -0.39 is 5.60 Å². The molecular weight excluding hydrogens is 446 g/mol. The summed E-state index contributed by atoms with van der Waals surface area (Å²) in [5.41, 5.74) is 2.87. The summed E-state index contributed by atoms with van der Waals surface area (Å²) in [5.74, 6) is 4.30. The summed E-state index contributed by atoms with van der Waals surface area (Å²) in [4.78, 5) is 19.8. The van der Waals surface area contributed by atoms with Gasteiger partial charge in [-0.25, -0.2) is 9.78 Å². The van der Waals surface area contributed by atoms with E-state index in [1.807, 2.05) is 11.0 Å². The maximum Gasteiger partial charge on any atom is 0.409 e. The van der Waals surface area contributed by atoms with Crippen molar-refractivity contribution in [3.63, 3.8) is 0 Å². The average molecular weight is 482 g/mol. The number of likely N-dealkylation sites (tertiary alicyclic amines) is 1. The van der Waals surface area contributed by atoms with Gasteiger partial charge < -0.3 is 18.9 Å². The van der Waals surface area contributed by atoms with Crippen LogP contribution in [0.1, 0.15) is 69.8 Å². The molecule has 4 heterocycles. The second-order valence-corrected chi connectivity index (χ2v) is 12.9. The van der Waals surface area contributed by atoms with Crippen molar-refractivity contribution < 1.29 is 14.3 Å². The second kappa shape index (κ2) is 8.21. The smallest absolute Gasteiger partial charge is 0.409 e. The van der Waals surface area contributed by atoms with E-state index in [-0.39, 0.29) is 10.8 Å². The molecule has 1 aliphatic carbocycles. The Labute approximate surface area is 206 Å². The van der Waals surface area contributed by atoms with Gasteiger partial charge in [-0.15, -0.1) is 0 Å². The highest BCUT2D eigenvalue weighted by molar-refractivity contribution is 8.00. The van der Waals surface area contributed by atoms with Crippen LogP contribution in [0.3, 0.4) is 0 Å². The molecular formula is C27H35N3O3S. The Hall–Kier alpha value is -2.15. The Morgan fingerprint density at radius 2 is 1.97 bits per heavy atom. The molecule has 2 saturated heterocycles. The van der Waals surface area contributed by atoms with Crippen molar-refractivity contribution in [2.45, 2.75) is 68.6 Å². The number of piperidine rings is 1. The quantitative estimate of drug-likeness (QED) is 0.562. The van der Waals surface area contributed by atoms with E-state index in [2.05, 4.69) is 55.4 Å². The van der Waals surface area contributed by atoms with Crippen molar-refractivity contribution >= 4 is 17.9 Å². The minimum atomic E-state index is -0.462. The van der Waals surface area contributed by atoms with Gasteiger partial charge in [-0.2, -0.15) is 11.8 Å². The van der Waals surface area contributed by atoms with Gasteiger partial charge in [0.15, 0.2) is 5.60 Å². The molecule has 1 aromatic carbocycles. The van der Waals surface area contributed by atoms with Gasteiger partial charge in [-0.1, -0.05) is 26.0 Å². The van der Waals surface area contributed by atoms with Gasteiger partial charge in [-0.05, 0) is 49.5 Å². The summed E-state index contributed by atoms with van der Waals surface area (Å²) in [6, 6.07) is 8.29. The molecule has 0 N–H and O–H groups in total. The molecule has 34 heavy (non-hydrogen) atoms. The van der Waals surface area contributed by atoms with Crippen LogP contribution >= 0.6 is 11.8 Å². The normalized spacial score (nSPS) is 24.8.